The second kappa shape index (κ2) is 6.20. The molecule has 2 aliphatic heterocycles. The maximum Gasteiger partial charge on any atom is 0.506 e. The van der Waals surface area contributed by atoms with Crippen molar-refractivity contribution in [3.8, 4) is 0 Å². The van der Waals surface area contributed by atoms with Gasteiger partial charge in [0, 0.05) is 31.1 Å². The zero-order valence-electron chi connectivity index (χ0n) is 13.5. The van der Waals surface area contributed by atoms with Crippen molar-refractivity contribution in [3.05, 3.63) is 34.9 Å². The van der Waals surface area contributed by atoms with E-state index in [0.29, 0.717) is 18.7 Å². The average Bonchev–Trinajstić information content (AvgIpc) is 2.86. The van der Waals surface area contributed by atoms with Crippen LogP contribution in [0.15, 0.2) is 18.2 Å². The highest BCUT2D eigenvalue weighted by Gasteiger charge is 2.35. The fourth-order valence-corrected chi connectivity index (χ4v) is 3.40. The average molecular weight is 318 g/mol. The summed E-state index contributed by atoms with van der Waals surface area (Å²) in [6.45, 7) is 4.67. The molecule has 23 heavy (non-hydrogen) atoms. The number of likely N-dealkylation sites (N-methyl/N-ethyl adjacent to an activating group) is 1. The third-order valence-electron chi connectivity index (χ3n) is 4.74. The molecule has 1 N–H and O–H groups in total. The van der Waals surface area contributed by atoms with Gasteiger partial charge in [-0.25, -0.2) is 4.79 Å². The Hall–Kier alpha value is -2.08. The SMILES string of the molecule is CC1CN(C(=O)c2ccc3c(c2)CCN(C)C3)CC1OC(=O)O. The minimum atomic E-state index is -1.28. The number of hydrogen-bond donors (Lipinski definition) is 1. The zero-order valence-corrected chi connectivity index (χ0v) is 13.5. The second-order valence-electron chi connectivity index (χ2n) is 6.58. The fraction of sp³-hybridized carbons (Fsp3) is 0.529. The second-order valence-corrected chi connectivity index (χ2v) is 6.58. The first-order chi connectivity index (χ1) is 10.9. The van der Waals surface area contributed by atoms with Gasteiger partial charge < -0.3 is 19.6 Å². The third kappa shape index (κ3) is 3.32. The van der Waals surface area contributed by atoms with Gasteiger partial charge in [0.15, 0.2) is 0 Å². The molecule has 0 spiro atoms. The maximum atomic E-state index is 12.7. The predicted octanol–water partition coefficient (Wildman–Crippen LogP) is 1.83. The van der Waals surface area contributed by atoms with Gasteiger partial charge in [-0.15, -0.1) is 0 Å². The Bertz CT molecular complexity index is 631. The molecule has 2 heterocycles. The number of hydrogen-bond acceptors (Lipinski definition) is 4. The monoisotopic (exact) mass is 318 g/mol. The molecule has 2 aliphatic rings. The van der Waals surface area contributed by atoms with Crippen molar-refractivity contribution in [2.75, 3.05) is 26.7 Å². The van der Waals surface area contributed by atoms with Gasteiger partial charge in [0.1, 0.15) is 6.10 Å². The van der Waals surface area contributed by atoms with E-state index in [9.17, 15) is 9.59 Å². The van der Waals surface area contributed by atoms with Crippen LogP contribution in [0.3, 0.4) is 0 Å². The van der Waals surface area contributed by atoms with Crippen LogP contribution in [0, 0.1) is 5.92 Å². The molecule has 1 fully saturated rings. The van der Waals surface area contributed by atoms with Crippen molar-refractivity contribution < 1.29 is 19.4 Å². The van der Waals surface area contributed by atoms with Gasteiger partial charge in [0.25, 0.3) is 5.91 Å². The molecule has 2 atom stereocenters. The van der Waals surface area contributed by atoms with Crippen LogP contribution in [0.2, 0.25) is 0 Å². The van der Waals surface area contributed by atoms with E-state index >= 15 is 0 Å². The smallest absolute Gasteiger partial charge is 0.450 e. The molecule has 0 aliphatic carbocycles. The highest BCUT2D eigenvalue weighted by molar-refractivity contribution is 5.94. The molecule has 0 bridgehead atoms. The first-order valence-electron chi connectivity index (χ1n) is 7.93. The molecule has 3 rings (SSSR count). The molecule has 1 aromatic carbocycles. The van der Waals surface area contributed by atoms with Gasteiger partial charge in [-0.3, -0.25) is 4.79 Å². The van der Waals surface area contributed by atoms with Crippen molar-refractivity contribution in [3.63, 3.8) is 0 Å². The van der Waals surface area contributed by atoms with E-state index in [1.54, 1.807) is 4.90 Å². The Labute approximate surface area is 135 Å². The number of likely N-dealkylation sites (tertiary alicyclic amines) is 1. The molecule has 0 radical (unpaired) electrons. The van der Waals surface area contributed by atoms with E-state index in [-0.39, 0.29) is 11.8 Å². The van der Waals surface area contributed by atoms with Gasteiger partial charge in [-0.2, -0.15) is 0 Å². The molecule has 2 unspecified atom stereocenters. The molecule has 6 nitrogen and oxygen atoms in total. The Balaban J connectivity index is 1.73. The van der Waals surface area contributed by atoms with Crippen LogP contribution in [0.5, 0.6) is 0 Å². The lowest BCUT2D eigenvalue weighted by molar-refractivity contribution is 0.0410. The molecule has 0 saturated carbocycles. The summed E-state index contributed by atoms with van der Waals surface area (Å²) in [5, 5.41) is 8.76. The summed E-state index contributed by atoms with van der Waals surface area (Å²) < 4.78 is 4.86. The number of nitrogens with zero attached hydrogens (tertiary/aromatic N) is 2. The minimum Gasteiger partial charge on any atom is -0.450 e. The number of ether oxygens (including phenoxy) is 1. The molecule has 1 amide bonds. The lowest BCUT2D eigenvalue weighted by atomic mass is 9.97. The lowest BCUT2D eigenvalue weighted by Gasteiger charge is -2.25. The fourth-order valence-electron chi connectivity index (χ4n) is 3.40. The molecule has 1 saturated heterocycles. The lowest BCUT2D eigenvalue weighted by Crippen LogP contribution is -2.31. The molecule has 124 valence electrons. The number of carbonyl (C=O) groups excluding carboxylic acids is 1. The van der Waals surface area contributed by atoms with E-state index in [0.717, 1.165) is 19.5 Å². The summed E-state index contributed by atoms with van der Waals surface area (Å²) in [5.74, 6) is -0.0311. The van der Waals surface area contributed by atoms with Crippen LogP contribution in [0.4, 0.5) is 4.79 Å². The predicted molar refractivity (Wildman–Crippen MR) is 84.4 cm³/mol. The summed E-state index contributed by atoms with van der Waals surface area (Å²) in [6, 6.07) is 5.89. The zero-order chi connectivity index (χ0) is 16.6. The molecule has 6 heteroatoms. The standard InChI is InChI=1S/C17H22N2O4/c1-11-8-19(10-15(11)23-17(21)22)16(20)13-3-4-14-9-18(2)6-5-12(14)7-13/h3-4,7,11,15H,5-6,8-10H2,1-2H3,(H,21,22). The molecule has 1 aromatic rings. The van der Waals surface area contributed by atoms with Crippen molar-refractivity contribution in [2.24, 2.45) is 5.92 Å². The van der Waals surface area contributed by atoms with Crippen LogP contribution in [-0.4, -0.2) is 59.8 Å². The Kier molecular flexibility index (Phi) is 4.26. The highest BCUT2D eigenvalue weighted by atomic mass is 16.7. The molecule has 0 aromatic heterocycles. The third-order valence-corrected chi connectivity index (χ3v) is 4.74. The normalized spacial score (nSPS) is 24.3. The number of carboxylic acid groups (broad SMARTS) is 1. The van der Waals surface area contributed by atoms with Crippen LogP contribution in [0.25, 0.3) is 0 Å². The van der Waals surface area contributed by atoms with Crippen LogP contribution < -0.4 is 0 Å². The van der Waals surface area contributed by atoms with E-state index in [1.165, 1.54) is 11.1 Å². The van der Waals surface area contributed by atoms with E-state index in [2.05, 4.69) is 11.9 Å². The number of amides is 1. The van der Waals surface area contributed by atoms with E-state index in [4.69, 9.17) is 9.84 Å². The van der Waals surface area contributed by atoms with Crippen molar-refractivity contribution in [1.29, 1.82) is 0 Å². The summed E-state index contributed by atoms with van der Waals surface area (Å²) >= 11 is 0. The Morgan fingerprint density at radius 1 is 1.26 bits per heavy atom. The van der Waals surface area contributed by atoms with Crippen LogP contribution in [0.1, 0.15) is 28.4 Å². The van der Waals surface area contributed by atoms with Crippen molar-refractivity contribution in [2.45, 2.75) is 26.0 Å². The molecular formula is C17H22N2O4. The first-order valence-corrected chi connectivity index (χ1v) is 7.93. The highest BCUT2D eigenvalue weighted by Crippen LogP contribution is 2.24. The largest absolute Gasteiger partial charge is 0.506 e. The maximum absolute atomic E-state index is 12.7. The van der Waals surface area contributed by atoms with Gasteiger partial charge in [-0.05, 0) is 36.7 Å². The summed E-state index contributed by atoms with van der Waals surface area (Å²) in [4.78, 5) is 27.3. The summed E-state index contributed by atoms with van der Waals surface area (Å²) in [6.07, 6.45) is -0.773. The minimum absolute atomic E-state index is 0.0151. The van der Waals surface area contributed by atoms with E-state index < -0.39 is 12.3 Å². The van der Waals surface area contributed by atoms with Crippen LogP contribution >= 0.6 is 0 Å². The van der Waals surface area contributed by atoms with Crippen molar-refractivity contribution in [1.82, 2.24) is 9.80 Å². The van der Waals surface area contributed by atoms with Crippen LogP contribution in [-0.2, 0) is 17.7 Å². The Morgan fingerprint density at radius 3 is 2.78 bits per heavy atom. The molecular weight excluding hydrogens is 296 g/mol. The van der Waals surface area contributed by atoms with Gasteiger partial charge >= 0.3 is 6.16 Å². The van der Waals surface area contributed by atoms with Gasteiger partial charge in [0.2, 0.25) is 0 Å². The summed E-state index contributed by atoms with van der Waals surface area (Å²) in [7, 11) is 2.09. The summed E-state index contributed by atoms with van der Waals surface area (Å²) in [5.41, 5.74) is 3.19. The quantitative estimate of drug-likeness (QED) is 0.843. The van der Waals surface area contributed by atoms with Gasteiger partial charge in [-0.1, -0.05) is 13.0 Å². The number of carbonyl (C=O) groups is 2. The van der Waals surface area contributed by atoms with Gasteiger partial charge in [0.05, 0.1) is 6.54 Å². The van der Waals surface area contributed by atoms with Crippen molar-refractivity contribution >= 4 is 12.1 Å². The number of benzene rings is 1. The topological polar surface area (TPSA) is 70.1 Å². The number of fused-ring (bicyclic) bond motifs is 1. The van der Waals surface area contributed by atoms with E-state index in [1.807, 2.05) is 25.1 Å². The number of rotatable bonds is 2. The first kappa shape index (κ1) is 15.8. The Morgan fingerprint density at radius 2 is 2.04 bits per heavy atom.